The number of benzene rings is 2. The molecule has 2 aromatic carbocycles. The predicted octanol–water partition coefficient (Wildman–Crippen LogP) is 2.95. The first-order valence-corrected chi connectivity index (χ1v) is 8.55. The topological polar surface area (TPSA) is 76.1 Å². The van der Waals surface area contributed by atoms with Gasteiger partial charge in [-0.25, -0.2) is 13.6 Å². The Hall–Kier alpha value is -3.00. The summed E-state index contributed by atoms with van der Waals surface area (Å²) in [6.45, 7) is 0.0562. The number of ether oxygens (including phenoxy) is 2. The van der Waals surface area contributed by atoms with Crippen molar-refractivity contribution in [3.05, 3.63) is 53.6 Å². The van der Waals surface area contributed by atoms with E-state index in [9.17, 15) is 23.5 Å². The van der Waals surface area contributed by atoms with E-state index in [2.05, 4.69) is 0 Å². The number of carboxylic acid groups (broad SMARTS) is 1. The number of rotatable bonds is 5. The summed E-state index contributed by atoms with van der Waals surface area (Å²) in [5, 5.41) is 9.33. The molecule has 0 spiro atoms. The van der Waals surface area contributed by atoms with Gasteiger partial charge in [-0.15, -0.1) is 0 Å². The second-order valence-corrected chi connectivity index (χ2v) is 6.45. The van der Waals surface area contributed by atoms with Crippen molar-refractivity contribution < 1.29 is 33.0 Å². The van der Waals surface area contributed by atoms with Crippen LogP contribution in [0.25, 0.3) is 11.1 Å². The van der Waals surface area contributed by atoms with Crippen LogP contribution >= 0.6 is 0 Å². The van der Waals surface area contributed by atoms with E-state index in [-0.39, 0.29) is 29.7 Å². The van der Waals surface area contributed by atoms with Gasteiger partial charge in [0.2, 0.25) is 0 Å². The van der Waals surface area contributed by atoms with Gasteiger partial charge in [0.25, 0.3) is 5.91 Å². The number of amides is 1. The lowest BCUT2D eigenvalue weighted by atomic mass is 10.0. The smallest absolute Gasteiger partial charge is 0.326 e. The van der Waals surface area contributed by atoms with E-state index in [1.54, 1.807) is 6.07 Å². The number of nitrogens with zero attached hydrogens (tertiary/aromatic N) is 1. The molecule has 0 aliphatic carbocycles. The third kappa shape index (κ3) is 3.68. The van der Waals surface area contributed by atoms with E-state index in [1.807, 2.05) is 0 Å². The van der Waals surface area contributed by atoms with Crippen molar-refractivity contribution in [1.29, 1.82) is 0 Å². The molecule has 1 amide bonds. The largest absolute Gasteiger partial charge is 0.497 e. The van der Waals surface area contributed by atoms with Crippen LogP contribution in [0.15, 0.2) is 36.4 Å². The molecular weight excluding hydrogens is 372 g/mol. The van der Waals surface area contributed by atoms with Gasteiger partial charge in [-0.2, -0.15) is 0 Å². The first-order chi connectivity index (χ1) is 13.3. The molecule has 1 aliphatic heterocycles. The Morgan fingerprint density at radius 3 is 2.43 bits per heavy atom. The molecule has 0 saturated carbocycles. The number of aliphatic carboxylic acids is 1. The van der Waals surface area contributed by atoms with E-state index in [4.69, 9.17) is 9.47 Å². The van der Waals surface area contributed by atoms with Crippen LogP contribution in [0.4, 0.5) is 8.78 Å². The molecule has 6 nitrogen and oxygen atoms in total. The van der Waals surface area contributed by atoms with Crippen LogP contribution in [-0.2, 0) is 9.53 Å². The van der Waals surface area contributed by atoms with Crippen molar-refractivity contribution in [3.8, 4) is 16.9 Å². The zero-order valence-corrected chi connectivity index (χ0v) is 15.3. The molecule has 0 aromatic heterocycles. The zero-order chi connectivity index (χ0) is 20.4. The molecule has 1 heterocycles. The third-order valence-electron chi connectivity index (χ3n) is 4.83. The standard InChI is InChI=1S/C20H19F2NO5/c1-27-12-4-6-14(17(22)8-12)11-3-5-15(16(21)7-11)19(24)23-10-13(28-2)9-18(23)20(25)26/h3-8,13,18H,9-10H2,1-2H3,(H,25,26). The Labute approximate surface area is 160 Å². The van der Waals surface area contributed by atoms with Gasteiger partial charge in [0.05, 0.1) is 18.8 Å². The summed E-state index contributed by atoms with van der Waals surface area (Å²) in [6, 6.07) is 6.79. The van der Waals surface area contributed by atoms with Gasteiger partial charge >= 0.3 is 5.97 Å². The van der Waals surface area contributed by atoms with E-state index in [1.165, 1.54) is 38.5 Å². The average molecular weight is 391 g/mol. The van der Waals surface area contributed by atoms with Crippen molar-refractivity contribution in [2.45, 2.75) is 18.6 Å². The molecule has 1 aliphatic rings. The second-order valence-electron chi connectivity index (χ2n) is 6.45. The summed E-state index contributed by atoms with van der Waals surface area (Å²) in [7, 11) is 2.84. The summed E-state index contributed by atoms with van der Waals surface area (Å²) in [5.41, 5.74) is 0.128. The summed E-state index contributed by atoms with van der Waals surface area (Å²) >= 11 is 0. The van der Waals surface area contributed by atoms with Gasteiger partial charge in [0, 0.05) is 31.7 Å². The summed E-state index contributed by atoms with van der Waals surface area (Å²) < 4.78 is 39.0. The van der Waals surface area contributed by atoms with E-state index < -0.39 is 35.7 Å². The minimum atomic E-state index is -1.18. The molecule has 28 heavy (non-hydrogen) atoms. The van der Waals surface area contributed by atoms with Gasteiger partial charge in [-0.3, -0.25) is 4.79 Å². The Kier molecular flexibility index (Phi) is 5.60. The van der Waals surface area contributed by atoms with Crippen LogP contribution in [0.5, 0.6) is 5.75 Å². The van der Waals surface area contributed by atoms with Crippen molar-refractivity contribution in [1.82, 2.24) is 4.90 Å². The van der Waals surface area contributed by atoms with E-state index in [0.29, 0.717) is 5.75 Å². The molecule has 1 N–H and O–H groups in total. The number of hydrogen-bond acceptors (Lipinski definition) is 4. The summed E-state index contributed by atoms with van der Waals surface area (Å²) in [6.07, 6.45) is -0.297. The highest BCUT2D eigenvalue weighted by Gasteiger charge is 2.40. The molecule has 0 radical (unpaired) electrons. The first kappa shape index (κ1) is 19.8. The minimum absolute atomic E-state index is 0.0562. The van der Waals surface area contributed by atoms with Gasteiger partial charge in [-0.1, -0.05) is 6.07 Å². The van der Waals surface area contributed by atoms with E-state index >= 15 is 0 Å². The van der Waals surface area contributed by atoms with Gasteiger partial charge in [0.1, 0.15) is 23.4 Å². The molecule has 8 heteroatoms. The molecule has 0 bridgehead atoms. The maximum atomic E-state index is 14.7. The lowest BCUT2D eigenvalue weighted by molar-refractivity contribution is -0.141. The minimum Gasteiger partial charge on any atom is -0.497 e. The fraction of sp³-hybridized carbons (Fsp3) is 0.300. The fourth-order valence-corrected chi connectivity index (χ4v) is 3.29. The SMILES string of the molecule is COc1ccc(-c2ccc(C(=O)N3CC(OC)CC3C(=O)O)c(F)c2)c(F)c1. The lowest BCUT2D eigenvalue weighted by Gasteiger charge is -2.21. The third-order valence-corrected chi connectivity index (χ3v) is 4.83. The van der Waals surface area contributed by atoms with Crippen molar-refractivity contribution >= 4 is 11.9 Å². The maximum Gasteiger partial charge on any atom is 0.326 e. The highest BCUT2D eigenvalue weighted by atomic mass is 19.1. The molecule has 2 aromatic rings. The number of carbonyl (C=O) groups is 2. The quantitative estimate of drug-likeness (QED) is 0.848. The second kappa shape index (κ2) is 7.93. The van der Waals surface area contributed by atoms with Crippen molar-refractivity contribution in [2.24, 2.45) is 0 Å². The molecular formula is C20H19F2NO5. The first-order valence-electron chi connectivity index (χ1n) is 8.55. The Bertz CT molecular complexity index is 917. The normalized spacial score (nSPS) is 18.9. The average Bonchev–Trinajstić information content (AvgIpc) is 3.12. The number of methoxy groups -OCH3 is 2. The van der Waals surface area contributed by atoms with Gasteiger partial charge in [0.15, 0.2) is 0 Å². The number of hydrogen-bond donors (Lipinski definition) is 1. The number of halogens is 2. The molecule has 1 fully saturated rings. The van der Waals surface area contributed by atoms with E-state index in [0.717, 1.165) is 11.0 Å². The molecule has 2 atom stereocenters. The van der Waals surface area contributed by atoms with Gasteiger partial charge < -0.3 is 19.5 Å². The molecule has 2 unspecified atom stereocenters. The van der Waals surface area contributed by atoms with Crippen LogP contribution < -0.4 is 4.74 Å². The molecule has 3 rings (SSSR count). The van der Waals surface area contributed by atoms with Crippen molar-refractivity contribution in [2.75, 3.05) is 20.8 Å². The van der Waals surface area contributed by atoms with Gasteiger partial charge in [-0.05, 0) is 29.8 Å². The van der Waals surface area contributed by atoms with Crippen LogP contribution in [0, 0.1) is 11.6 Å². The van der Waals surface area contributed by atoms with Crippen LogP contribution in [0.3, 0.4) is 0 Å². The highest BCUT2D eigenvalue weighted by Crippen LogP contribution is 2.29. The van der Waals surface area contributed by atoms with Crippen LogP contribution in [0.1, 0.15) is 16.8 Å². The molecule has 148 valence electrons. The molecule has 1 saturated heterocycles. The monoisotopic (exact) mass is 391 g/mol. The summed E-state index contributed by atoms with van der Waals surface area (Å²) in [5.74, 6) is -3.04. The lowest BCUT2D eigenvalue weighted by Crippen LogP contribution is -2.41. The zero-order valence-electron chi connectivity index (χ0n) is 15.3. The predicted molar refractivity (Wildman–Crippen MR) is 96.2 cm³/mol. The maximum absolute atomic E-state index is 14.7. The number of carbonyl (C=O) groups excluding carboxylic acids is 1. The van der Waals surface area contributed by atoms with Crippen LogP contribution in [-0.4, -0.2) is 54.8 Å². The Morgan fingerprint density at radius 2 is 1.86 bits per heavy atom. The fourth-order valence-electron chi connectivity index (χ4n) is 3.29. The van der Waals surface area contributed by atoms with Crippen molar-refractivity contribution in [3.63, 3.8) is 0 Å². The number of carboxylic acids is 1. The summed E-state index contributed by atoms with van der Waals surface area (Å²) in [4.78, 5) is 25.2. The Morgan fingerprint density at radius 1 is 1.11 bits per heavy atom. The Balaban J connectivity index is 1.90. The van der Waals surface area contributed by atoms with Crippen LogP contribution in [0.2, 0.25) is 0 Å². The highest BCUT2D eigenvalue weighted by molar-refractivity contribution is 5.97. The number of likely N-dealkylation sites (tertiary alicyclic amines) is 1.